The summed E-state index contributed by atoms with van der Waals surface area (Å²) in [6.07, 6.45) is 5.22. The van der Waals surface area contributed by atoms with Gasteiger partial charge in [0.15, 0.2) is 0 Å². The molecule has 0 aromatic carbocycles. The first-order valence-electron chi connectivity index (χ1n) is 5.08. The van der Waals surface area contributed by atoms with Crippen LogP contribution >= 0.6 is 0 Å². The van der Waals surface area contributed by atoms with E-state index in [0.29, 0.717) is 12.1 Å². The van der Waals surface area contributed by atoms with E-state index in [0.717, 1.165) is 12.1 Å². The molecule has 1 aromatic heterocycles. The van der Waals surface area contributed by atoms with Crippen LogP contribution in [0.15, 0.2) is 34.7 Å². The molecule has 1 heterocycles. The largest absolute Gasteiger partial charge is 0.472 e. The third kappa shape index (κ3) is 3.90. The van der Waals surface area contributed by atoms with Crippen LogP contribution in [0, 0.1) is 0 Å². The Morgan fingerprint density at radius 1 is 1.62 bits per heavy atom. The molecule has 0 spiro atoms. The lowest BCUT2D eigenvalue weighted by Gasteiger charge is -2.13. The first-order valence-corrected chi connectivity index (χ1v) is 5.08. The van der Waals surface area contributed by atoms with E-state index in [9.17, 15) is 4.79 Å². The van der Waals surface area contributed by atoms with Crippen molar-refractivity contribution in [1.29, 1.82) is 0 Å². The third-order valence-electron chi connectivity index (χ3n) is 2.25. The highest BCUT2D eigenvalue weighted by molar-refractivity contribution is 5.87. The van der Waals surface area contributed by atoms with Crippen LogP contribution < -0.4 is 0 Å². The van der Waals surface area contributed by atoms with Crippen molar-refractivity contribution in [1.82, 2.24) is 4.90 Å². The van der Waals surface area contributed by atoms with Gasteiger partial charge in [0.25, 0.3) is 0 Å². The Morgan fingerprint density at radius 2 is 2.38 bits per heavy atom. The summed E-state index contributed by atoms with van der Waals surface area (Å²) in [5, 5.41) is 0. The summed E-state index contributed by atoms with van der Waals surface area (Å²) in [5.41, 5.74) is 1.74. The number of furan rings is 1. The Kier molecular flexibility index (Phi) is 4.79. The molecule has 0 N–H and O–H groups in total. The minimum Gasteiger partial charge on any atom is -0.472 e. The molecule has 0 fully saturated rings. The van der Waals surface area contributed by atoms with Crippen molar-refractivity contribution in [3.63, 3.8) is 0 Å². The summed E-state index contributed by atoms with van der Waals surface area (Å²) in [5.74, 6) is -0.281. The van der Waals surface area contributed by atoms with Crippen LogP contribution in [0.4, 0.5) is 0 Å². The lowest BCUT2D eigenvalue weighted by atomic mass is 10.2. The lowest BCUT2D eigenvalue weighted by molar-refractivity contribution is -0.136. The summed E-state index contributed by atoms with van der Waals surface area (Å²) < 4.78 is 9.59. The second-order valence-electron chi connectivity index (χ2n) is 3.71. The molecule has 0 saturated carbocycles. The van der Waals surface area contributed by atoms with Gasteiger partial charge in [0, 0.05) is 24.2 Å². The molecule has 1 rings (SSSR count). The minimum atomic E-state index is -0.281. The molecule has 0 unspecified atom stereocenters. The van der Waals surface area contributed by atoms with Crippen molar-refractivity contribution in [3.8, 4) is 0 Å². The Bertz CT molecular complexity index is 354. The number of rotatable bonds is 5. The van der Waals surface area contributed by atoms with Crippen molar-refractivity contribution in [3.05, 3.63) is 35.8 Å². The Morgan fingerprint density at radius 3 is 2.94 bits per heavy atom. The van der Waals surface area contributed by atoms with Gasteiger partial charge in [-0.1, -0.05) is 6.08 Å². The number of carbonyl (C=O) groups excluding carboxylic acids is 1. The van der Waals surface area contributed by atoms with Crippen LogP contribution in [-0.2, 0) is 16.1 Å². The zero-order chi connectivity index (χ0) is 12.0. The first-order chi connectivity index (χ1) is 7.63. The van der Waals surface area contributed by atoms with Crippen molar-refractivity contribution < 1.29 is 13.9 Å². The number of methoxy groups -OCH3 is 1. The van der Waals surface area contributed by atoms with Gasteiger partial charge in [0.2, 0.25) is 0 Å². The van der Waals surface area contributed by atoms with Gasteiger partial charge in [-0.15, -0.1) is 0 Å². The highest BCUT2D eigenvalue weighted by atomic mass is 16.5. The number of carbonyl (C=O) groups is 1. The Hall–Kier alpha value is -1.55. The Balaban J connectivity index is 2.40. The van der Waals surface area contributed by atoms with Crippen LogP contribution in [-0.4, -0.2) is 31.6 Å². The maximum Gasteiger partial charge on any atom is 0.333 e. The van der Waals surface area contributed by atoms with Crippen LogP contribution in [0.3, 0.4) is 0 Å². The maximum absolute atomic E-state index is 11.1. The molecule has 0 amide bonds. The molecular weight excluding hydrogens is 206 g/mol. The van der Waals surface area contributed by atoms with Crippen LogP contribution in [0.5, 0.6) is 0 Å². The second-order valence-corrected chi connectivity index (χ2v) is 3.71. The zero-order valence-electron chi connectivity index (χ0n) is 9.90. The molecule has 1 aromatic rings. The average molecular weight is 223 g/mol. The van der Waals surface area contributed by atoms with Crippen molar-refractivity contribution >= 4 is 5.97 Å². The number of nitrogens with zero attached hydrogens (tertiary/aromatic N) is 1. The highest BCUT2D eigenvalue weighted by Gasteiger charge is 2.04. The molecule has 88 valence electrons. The molecule has 16 heavy (non-hydrogen) atoms. The van der Waals surface area contributed by atoms with Gasteiger partial charge in [0.1, 0.15) is 0 Å². The molecule has 0 saturated heterocycles. The molecule has 4 nitrogen and oxygen atoms in total. The normalized spacial score (nSPS) is 11.9. The van der Waals surface area contributed by atoms with Crippen LogP contribution in [0.1, 0.15) is 12.5 Å². The van der Waals surface area contributed by atoms with E-state index < -0.39 is 0 Å². The van der Waals surface area contributed by atoms with Gasteiger partial charge in [-0.05, 0) is 20.0 Å². The fourth-order valence-corrected chi connectivity index (χ4v) is 1.30. The van der Waals surface area contributed by atoms with Crippen molar-refractivity contribution in [2.45, 2.75) is 13.5 Å². The van der Waals surface area contributed by atoms with E-state index in [1.165, 1.54) is 7.11 Å². The molecule has 0 bridgehead atoms. The predicted molar refractivity (Wildman–Crippen MR) is 60.8 cm³/mol. The SMILES string of the molecule is COC(=O)C(C)=CCN(C)Cc1ccoc1. The van der Waals surface area contributed by atoms with E-state index >= 15 is 0 Å². The average Bonchev–Trinajstić information content (AvgIpc) is 2.77. The molecule has 0 aliphatic carbocycles. The van der Waals surface area contributed by atoms with E-state index in [4.69, 9.17) is 4.42 Å². The predicted octanol–water partition coefficient (Wildman–Crippen LogP) is 1.83. The van der Waals surface area contributed by atoms with Gasteiger partial charge in [-0.2, -0.15) is 0 Å². The summed E-state index contributed by atoms with van der Waals surface area (Å²) in [4.78, 5) is 13.2. The summed E-state index contributed by atoms with van der Waals surface area (Å²) >= 11 is 0. The van der Waals surface area contributed by atoms with Gasteiger partial charge in [0.05, 0.1) is 19.6 Å². The highest BCUT2D eigenvalue weighted by Crippen LogP contribution is 2.04. The quantitative estimate of drug-likeness (QED) is 0.564. The fourth-order valence-electron chi connectivity index (χ4n) is 1.30. The molecule has 0 atom stereocenters. The van der Waals surface area contributed by atoms with Gasteiger partial charge in [-0.25, -0.2) is 4.79 Å². The van der Waals surface area contributed by atoms with Crippen molar-refractivity contribution in [2.24, 2.45) is 0 Å². The monoisotopic (exact) mass is 223 g/mol. The summed E-state index contributed by atoms with van der Waals surface area (Å²) in [6.45, 7) is 3.24. The summed E-state index contributed by atoms with van der Waals surface area (Å²) in [6, 6.07) is 1.92. The topological polar surface area (TPSA) is 42.7 Å². The third-order valence-corrected chi connectivity index (χ3v) is 2.25. The molecule has 4 heteroatoms. The second kappa shape index (κ2) is 6.12. The van der Waals surface area contributed by atoms with Crippen LogP contribution in [0.25, 0.3) is 0 Å². The number of likely N-dealkylation sites (N-methyl/N-ethyl adjacent to an activating group) is 1. The number of hydrogen-bond donors (Lipinski definition) is 0. The molecular formula is C12H17NO3. The van der Waals surface area contributed by atoms with Crippen molar-refractivity contribution in [2.75, 3.05) is 20.7 Å². The molecule has 0 radical (unpaired) electrons. The van der Waals surface area contributed by atoms with E-state index in [2.05, 4.69) is 9.64 Å². The van der Waals surface area contributed by atoms with Crippen LogP contribution in [0.2, 0.25) is 0 Å². The Labute approximate surface area is 95.5 Å². The fraction of sp³-hybridized carbons (Fsp3) is 0.417. The minimum absolute atomic E-state index is 0.281. The number of hydrogen-bond acceptors (Lipinski definition) is 4. The standard InChI is InChI=1S/C12H17NO3/c1-10(12(14)15-3)4-6-13(2)8-11-5-7-16-9-11/h4-5,7,9H,6,8H2,1-3H3. The van der Waals surface area contributed by atoms with Gasteiger partial charge >= 0.3 is 5.97 Å². The zero-order valence-corrected chi connectivity index (χ0v) is 9.90. The first kappa shape index (κ1) is 12.5. The molecule has 0 aliphatic heterocycles. The van der Waals surface area contributed by atoms with Gasteiger partial charge < -0.3 is 9.15 Å². The smallest absolute Gasteiger partial charge is 0.333 e. The van der Waals surface area contributed by atoms with E-state index in [1.54, 1.807) is 19.5 Å². The molecule has 0 aliphatic rings. The maximum atomic E-state index is 11.1. The lowest BCUT2D eigenvalue weighted by Crippen LogP contribution is -2.18. The van der Waals surface area contributed by atoms with E-state index in [1.807, 2.05) is 19.2 Å². The number of esters is 1. The summed E-state index contributed by atoms with van der Waals surface area (Å²) in [7, 11) is 3.36. The van der Waals surface area contributed by atoms with Gasteiger partial charge in [-0.3, -0.25) is 4.90 Å². The number of ether oxygens (including phenoxy) is 1. The van der Waals surface area contributed by atoms with E-state index in [-0.39, 0.29) is 5.97 Å².